The highest BCUT2D eigenvalue weighted by atomic mass is 28.4. The molecule has 1 aromatic carbocycles. The molecule has 0 heterocycles. The molecule has 0 fully saturated rings. The highest BCUT2D eigenvalue weighted by molar-refractivity contribution is 6.66. The predicted octanol–water partition coefficient (Wildman–Crippen LogP) is 1.03. The van der Waals surface area contributed by atoms with Crippen molar-refractivity contribution in [2.75, 3.05) is 20.4 Å². The molecule has 0 saturated heterocycles. The summed E-state index contributed by atoms with van der Waals surface area (Å²) in [7, 11) is 0.782. The van der Waals surface area contributed by atoms with E-state index < -0.39 is 8.56 Å². The highest BCUT2D eigenvalue weighted by Gasteiger charge is 2.34. The lowest BCUT2D eigenvalue weighted by atomic mass is 10.2. The van der Waals surface area contributed by atoms with Gasteiger partial charge in [-0.3, -0.25) is 0 Å². The summed E-state index contributed by atoms with van der Waals surface area (Å²) >= 11 is 0. The van der Waals surface area contributed by atoms with Crippen LogP contribution in [0.4, 0.5) is 0 Å². The van der Waals surface area contributed by atoms with Crippen LogP contribution >= 0.6 is 0 Å². The Morgan fingerprint density at radius 1 is 1.14 bits per heavy atom. The molecule has 0 aliphatic carbocycles. The quantitative estimate of drug-likeness (QED) is 0.741. The van der Waals surface area contributed by atoms with Crippen LogP contribution in [-0.4, -0.2) is 34.1 Å². The zero-order valence-electron chi connectivity index (χ0n) is 8.56. The molecule has 3 nitrogen and oxygen atoms in total. The summed E-state index contributed by atoms with van der Waals surface area (Å²) in [5, 5.41) is 9.25. The number of aliphatic hydroxyl groups is 1. The molecule has 0 amide bonds. The van der Waals surface area contributed by atoms with Gasteiger partial charge in [-0.15, -0.1) is 0 Å². The first-order chi connectivity index (χ1) is 6.76. The highest BCUT2D eigenvalue weighted by Crippen LogP contribution is 2.12. The van der Waals surface area contributed by atoms with Crippen LogP contribution in [-0.2, 0) is 14.9 Å². The average Bonchev–Trinajstić information content (AvgIpc) is 2.28. The van der Waals surface area contributed by atoms with Crippen LogP contribution in [0.25, 0.3) is 0 Å². The molecule has 1 aromatic rings. The molecule has 1 N–H and O–H groups in total. The fourth-order valence-corrected chi connectivity index (χ4v) is 3.00. The maximum Gasteiger partial charge on any atom is 0.368 e. The van der Waals surface area contributed by atoms with E-state index in [1.165, 1.54) is 0 Å². The van der Waals surface area contributed by atoms with Gasteiger partial charge in [0.25, 0.3) is 0 Å². The lowest BCUT2D eigenvalue weighted by Crippen LogP contribution is -2.47. The molecule has 0 saturated carbocycles. The maximum absolute atomic E-state index is 9.25. The molecule has 1 rings (SSSR count). The van der Waals surface area contributed by atoms with Gasteiger partial charge >= 0.3 is 8.56 Å². The minimum atomic E-state index is -2.40. The third-order valence-corrected chi connectivity index (χ3v) is 5.22. The van der Waals surface area contributed by atoms with Crippen molar-refractivity contribution in [3.63, 3.8) is 0 Å². The van der Waals surface area contributed by atoms with E-state index in [4.69, 9.17) is 8.85 Å². The van der Waals surface area contributed by atoms with E-state index in [-0.39, 0.29) is 6.23 Å². The summed E-state index contributed by atoms with van der Waals surface area (Å²) in [6, 6.07) is 10.6. The lowest BCUT2D eigenvalue weighted by Gasteiger charge is -2.24. The van der Waals surface area contributed by atoms with Gasteiger partial charge in [0.15, 0.2) is 0 Å². The van der Waals surface area contributed by atoms with E-state index in [2.05, 4.69) is 0 Å². The van der Waals surface area contributed by atoms with Crippen LogP contribution in [0.3, 0.4) is 0 Å². The molecule has 0 aromatic heterocycles. The first-order valence-electron chi connectivity index (χ1n) is 4.51. The van der Waals surface area contributed by atoms with Gasteiger partial charge in [0.05, 0.1) is 6.23 Å². The molecule has 0 radical (unpaired) electrons. The monoisotopic (exact) mass is 212 g/mol. The molecule has 78 valence electrons. The summed E-state index contributed by atoms with van der Waals surface area (Å²) in [6.07, 6.45) is -0.0190. The smallest absolute Gasteiger partial charge is 0.368 e. The summed E-state index contributed by atoms with van der Waals surface area (Å²) in [5.74, 6) is 0. The van der Waals surface area contributed by atoms with Crippen molar-refractivity contribution >= 4 is 8.56 Å². The number of aliphatic hydroxyl groups excluding tert-OH is 1. The van der Waals surface area contributed by atoms with Crippen LogP contribution in [0.1, 0.15) is 5.56 Å². The molecule has 0 bridgehead atoms. The molecular weight excluding hydrogens is 196 g/mol. The summed E-state index contributed by atoms with van der Waals surface area (Å²) < 4.78 is 10.6. The second-order valence-corrected chi connectivity index (χ2v) is 6.45. The molecule has 0 unspecified atom stereocenters. The third-order valence-electron chi connectivity index (χ3n) is 2.30. The van der Waals surface area contributed by atoms with Crippen LogP contribution in [0.15, 0.2) is 30.3 Å². The fourth-order valence-electron chi connectivity index (χ4n) is 1.32. The lowest BCUT2D eigenvalue weighted by molar-refractivity contribution is 0.196. The fraction of sp³-hybridized carbons (Fsp3) is 0.400. The Morgan fingerprint density at radius 3 is 2.14 bits per heavy atom. The van der Waals surface area contributed by atoms with Gasteiger partial charge in [-0.05, 0) is 5.56 Å². The number of benzene rings is 1. The Morgan fingerprint density at radius 2 is 1.71 bits per heavy atom. The minimum absolute atomic E-state index is 0.0190. The first kappa shape index (κ1) is 11.4. The molecule has 4 heteroatoms. The van der Waals surface area contributed by atoms with Crippen molar-refractivity contribution in [3.8, 4) is 0 Å². The van der Waals surface area contributed by atoms with Crippen molar-refractivity contribution in [3.05, 3.63) is 35.9 Å². The first-order valence-corrected chi connectivity index (χ1v) is 6.74. The third kappa shape index (κ3) is 2.65. The van der Waals surface area contributed by atoms with E-state index in [0.29, 0.717) is 6.04 Å². The van der Waals surface area contributed by atoms with Crippen LogP contribution < -0.4 is 0 Å². The molecule has 0 aliphatic rings. The Labute approximate surface area is 85.5 Å². The number of hydrogen-bond donors (Lipinski definition) is 1. The topological polar surface area (TPSA) is 38.7 Å². The van der Waals surface area contributed by atoms with Gasteiger partial charge in [-0.25, -0.2) is 0 Å². The van der Waals surface area contributed by atoms with Crippen molar-refractivity contribution in [2.45, 2.75) is 6.04 Å². The Bertz CT molecular complexity index is 251. The number of rotatable bonds is 5. The SMILES string of the molecule is CO[Si](CO)(Cc1ccccc1)OC. The summed E-state index contributed by atoms with van der Waals surface area (Å²) in [4.78, 5) is 0. The predicted molar refractivity (Wildman–Crippen MR) is 57.0 cm³/mol. The van der Waals surface area contributed by atoms with E-state index in [1.807, 2.05) is 30.3 Å². The van der Waals surface area contributed by atoms with Crippen molar-refractivity contribution in [1.82, 2.24) is 0 Å². The van der Waals surface area contributed by atoms with Crippen LogP contribution in [0, 0.1) is 0 Å². The second-order valence-electron chi connectivity index (χ2n) is 3.14. The Balaban J connectivity index is 2.74. The largest absolute Gasteiger partial charge is 0.396 e. The second kappa shape index (κ2) is 5.26. The molecule has 0 aliphatic heterocycles. The Kier molecular flexibility index (Phi) is 4.28. The summed E-state index contributed by atoms with van der Waals surface area (Å²) in [6.45, 7) is 0. The van der Waals surface area contributed by atoms with E-state index in [1.54, 1.807) is 14.2 Å². The van der Waals surface area contributed by atoms with E-state index >= 15 is 0 Å². The normalized spacial score (nSPS) is 11.6. The standard InChI is InChI=1S/C10H16O3Si/c1-12-14(9-11,13-2)8-10-6-4-3-5-7-10/h3-7,11H,8-9H2,1-2H3. The zero-order chi connectivity index (χ0) is 10.4. The van der Waals surface area contributed by atoms with Gasteiger partial charge in [0.1, 0.15) is 0 Å². The van der Waals surface area contributed by atoms with Gasteiger partial charge in [0, 0.05) is 20.3 Å². The van der Waals surface area contributed by atoms with Gasteiger partial charge in [0.2, 0.25) is 0 Å². The van der Waals surface area contributed by atoms with Crippen molar-refractivity contribution in [2.24, 2.45) is 0 Å². The Hall–Kier alpha value is -0.683. The van der Waals surface area contributed by atoms with E-state index in [9.17, 15) is 5.11 Å². The van der Waals surface area contributed by atoms with Gasteiger partial charge < -0.3 is 14.0 Å². The number of hydrogen-bond acceptors (Lipinski definition) is 3. The molecule has 14 heavy (non-hydrogen) atoms. The molecule has 0 atom stereocenters. The van der Waals surface area contributed by atoms with Crippen molar-refractivity contribution < 1.29 is 14.0 Å². The van der Waals surface area contributed by atoms with Crippen LogP contribution in [0.5, 0.6) is 0 Å². The maximum atomic E-state index is 9.25. The van der Waals surface area contributed by atoms with E-state index in [0.717, 1.165) is 5.56 Å². The van der Waals surface area contributed by atoms with Gasteiger partial charge in [-0.1, -0.05) is 30.3 Å². The molecule has 0 spiro atoms. The van der Waals surface area contributed by atoms with Crippen LogP contribution in [0.2, 0.25) is 0 Å². The molecular formula is C10H16O3Si. The average molecular weight is 212 g/mol. The minimum Gasteiger partial charge on any atom is -0.396 e. The zero-order valence-corrected chi connectivity index (χ0v) is 9.56. The van der Waals surface area contributed by atoms with Crippen molar-refractivity contribution in [1.29, 1.82) is 0 Å². The summed E-state index contributed by atoms with van der Waals surface area (Å²) in [5.41, 5.74) is 1.14. The van der Waals surface area contributed by atoms with Gasteiger partial charge in [-0.2, -0.15) is 0 Å².